The van der Waals surface area contributed by atoms with Gasteiger partial charge in [-0.1, -0.05) is 36.4 Å². The van der Waals surface area contributed by atoms with Gasteiger partial charge in [0.2, 0.25) is 0 Å². The first-order valence-electron chi connectivity index (χ1n) is 9.57. The van der Waals surface area contributed by atoms with Crippen LogP contribution in [0.4, 0.5) is 0 Å². The van der Waals surface area contributed by atoms with E-state index in [1.54, 1.807) is 0 Å². The first kappa shape index (κ1) is 16.7. The van der Waals surface area contributed by atoms with Gasteiger partial charge in [-0.25, -0.2) is 0 Å². The highest BCUT2D eigenvalue weighted by atomic mass is 16.3. The minimum absolute atomic E-state index is 0.0725. The molecule has 0 spiro atoms. The lowest BCUT2D eigenvalue weighted by Crippen LogP contribution is -2.47. The number of aryl methyl sites for hydroxylation is 1. The Morgan fingerprint density at radius 2 is 1.88 bits per heavy atom. The van der Waals surface area contributed by atoms with Crippen LogP contribution in [0.2, 0.25) is 0 Å². The van der Waals surface area contributed by atoms with Crippen molar-refractivity contribution in [3.63, 3.8) is 0 Å². The van der Waals surface area contributed by atoms with Gasteiger partial charge in [-0.2, -0.15) is 0 Å². The molecule has 0 bridgehead atoms. The minimum atomic E-state index is -0.549. The molecular weight excluding hydrogens is 308 g/mol. The van der Waals surface area contributed by atoms with Crippen LogP contribution in [0.25, 0.3) is 0 Å². The van der Waals surface area contributed by atoms with Gasteiger partial charge in [-0.3, -0.25) is 0 Å². The summed E-state index contributed by atoms with van der Waals surface area (Å²) in [5.41, 5.74) is 3.61. The van der Waals surface area contributed by atoms with E-state index in [9.17, 15) is 10.2 Å². The SMILES string of the molecule is C[C@]1(O)CC[C@]2(Cc3ccccc3)c3ccc(O)cc3CCC[C@@H]2C1. The minimum Gasteiger partial charge on any atom is -0.508 e. The smallest absolute Gasteiger partial charge is 0.115 e. The monoisotopic (exact) mass is 336 g/mol. The Hall–Kier alpha value is -1.80. The average molecular weight is 336 g/mol. The molecule has 2 nitrogen and oxygen atoms in total. The highest BCUT2D eigenvalue weighted by Gasteiger charge is 2.49. The highest BCUT2D eigenvalue weighted by molar-refractivity contribution is 5.43. The summed E-state index contributed by atoms with van der Waals surface area (Å²) >= 11 is 0. The van der Waals surface area contributed by atoms with Crippen molar-refractivity contribution in [3.05, 3.63) is 65.2 Å². The Kier molecular flexibility index (Phi) is 4.11. The summed E-state index contributed by atoms with van der Waals surface area (Å²) in [4.78, 5) is 0. The van der Waals surface area contributed by atoms with Gasteiger partial charge in [0.05, 0.1) is 5.60 Å². The Balaban J connectivity index is 1.84. The van der Waals surface area contributed by atoms with E-state index in [-0.39, 0.29) is 5.41 Å². The second-order valence-corrected chi connectivity index (χ2v) is 8.45. The van der Waals surface area contributed by atoms with Gasteiger partial charge in [-0.15, -0.1) is 0 Å². The molecule has 1 fully saturated rings. The summed E-state index contributed by atoms with van der Waals surface area (Å²) in [7, 11) is 0. The molecule has 2 heteroatoms. The van der Waals surface area contributed by atoms with Crippen LogP contribution < -0.4 is 0 Å². The van der Waals surface area contributed by atoms with Crippen molar-refractivity contribution in [2.75, 3.05) is 0 Å². The van der Waals surface area contributed by atoms with Crippen LogP contribution in [-0.4, -0.2) is 15.8 Å². The molecule has 0 aliphatic heterocycles. The molecule has 0 amide bonds. The van der Waals surface area contributed by atoms with Gasteiger partial charge in [0.1, 0.15) is 5.75 Å². The topological polar surface area (TPSA) is 40.5 Å². The fourth-order valence-corrected chi connectivity index (χ4v) is 5.36. The number of aromatic hydroxyl groups is 1. The summed E-state index contributed by atoms with van der Waals surface area (Å²) in [6.07, 6.45) is 7.06. The number of aliphatic hydroxyl groups is 1. The van der Waals surface area contributed by atoms with Gasteiger partial charge in [0.25, 0.3) is 0 Å². The summed E-state index contributed by atoms with van der Waals surface area (Å²) < 4.78 is 0. The first-order chi connectivity index (χ1) is 12.0. The van der Waals surface area contributed by atoms with Crippen LogP contribution in [0.5, 0.6) is 5.75 Å². The average Bonchev–Trinajstić information content (AvgIpc) is 2.72. The van der Waals surface area contributed by atoms with E-state index >= 15 is 0 Å². The molecule has 132 valence electrons. The van der Waals surface area contributed by atoms with Crippen LogP contribution in [0.3, 0.4) is 0 Å². The lowest BCUT2D eigenvalue weighted by molar-refractivity contribution is -0.0330. The summed E-state index contributed by atoms with van der Waals surface area (Å²) in [5.74, 6) is 0.858. The Morgan fingerprint density at radius 3 is 2.68 bits per heavy atom. The van der Waals surface area contributed by atoms with Crippen molar-refractivity contribution in [2.24, 2.45) is 5.92 Å². The van der Waals surface area contributed by atoms with Crippen molar-refractivity contribution in [1.82, 2.24) is 0 Å². The molecule has 0 unspecified atom stereocenters. The van der Waals surface area contributed by atoms with Crippen molar-refractivity contribution in [3.8, 4) is 5.75 Å². The molecule has 0 saturated heterocycles. The number of phenolic OH excluding ortho intramolecular Hbond substituents is 1. The molecule has 25 heavy (non-hydrogen) atoms. The number of fused-ring (bicyclic) bond motifs is 3. The molecular formula is C23H28O2. The van der Waals surface area contributed by atoms with Gasteiger partial charge in [-0.05, 0) is 86.6 Å². The second-order valence-electron chi connectivity index (χ2n) is 8.45. The predicted octanol–water partition coefficient (Wildman–Crippen LogP) is 4.76. The van der Waals surface area contributed by atoms with Crippen LogP contribution in [0, 0.1) is 5.92 Å². The van der Waals surface area contributed by atoms with E-state index in [1.165, 1.54) is 16.7 Å². The van der Waals surface area contributed by atoms with E-state index in [2.05, 4.69) is 36.4 Å². The third kappa shape index (κ3) is 3.08. The van der Waals surface area contributed by atoms with Crippen LogP contribution in [-0.2, 0) is 18.3 Å². The molecule has 1 saturated carbocycles. The number of rotatable bonds is 2. The zero-order valence-corrected chi connectivity index (χ0v) is 15.0. The van der Waals surface area contributed by atoms with Crippen molar-refractivity contribution in [2.45, 2.75) is 62.9 Å². The highest BCUT2D eigenvalue weighted by Crippen LogP contribution is 2.53. The maximum absolute atomic E-state index is 10.7. The van der Waals surface area contributed by atoms with Crippen LogP contribution in [0.1, 0.15) is 55.7 Å². The molecule has 2 aliphatic rings. The molecule has 2 aliphatic carbocycles. The Labute approximate surface area is 150 Å². The van der Waals surface area contributed by atoms with E-state index in [4.69, 9.17) is 0 Å². The molecule has 3 atom stereocenters. The van der Waals surface area contributed by atoms with Crippen molar-refractivity contribution >= 4 is 0 Å². The number of hydrogen-bond acceptors (Lipinski definition) is 2. The van der Waals surface area contributed by atoms with Gasteiger partial charge in [0, 0.05) is 5.41 Å². The standard InChI is InChI=1S/C23H28O2/c1-22(25)12-13-23(15-17-6-3-2-4-7-17)19(16-22)9-5-8-18-14-20(24)10-11-21(18)23/h2-4,6-7,10-11,14,19,24-25H,5,8-9,12-13,15-16H2,1H3/t19-,22+,23-/m1/s1. The van der Waals surface area contributed by atoms with Gasteiger partial charge in [0.15, 0.2) is 0 Å². The van der Waals surface area contributed by atoms with Crippen LogP contribution >= 0.6 is 0 Å². The molecule has 4 rings (SSSR count). The lowest BCUT2D eigenvalue weighted by Gasteiger charge is -2.49. The van der Waals surface area contributed by atoms with E-state index in [1.807, 2.05) is 19.1 Å². The summed E-state index contributed by atoms with van der Waals surface area (Å²) in [6, 6.07) is 16.7. The second kappa shape index (κ2) is 6.17. The van der Waals surface area contributed by atoms with E-state index in [0.29, 0.717) is 11.7 Å². The quantitative estimate of drug-likeness (QED) is 0.830. The molecule has 2 aromatic rings. The number of phenols is 1. The largest absolute Gasteiger partial charge is 0.508 e. The van der Waals surface area contributed by atoms with E-state index in [0.717, 1.165) is 44.9 Å². The number of hydrogen-bond donors (Lipinski definition) is 2. The molecule has 0 radical (unpaired) electrons. The zero-order chi connectivity index (χ0) is 17.5. The Morgan fingerprint density at radius 1 is 1.08 bits per heavy atom. The molecule has 2 N–H and O–H groups in total. The summed E-state index contributed by atoms with van der Waals surface area (Å²) in [6.45, 7) is 2.00. The van der Waals surface area contributed by atoms with Crippen LogP contribution in [0.15, 0.2) is 48.5 Å². The van der Waals surface area contributed by atoms with Gasteiger partial charge < -0.3 is 10.2 Å². The fourth-order valence-electron chi connectivity index (χ4n) is 5.36. The first-order valence-corrected chi connectivity index (χ1v) is 9.57. The van der Waals surface area contributed by atoms with Crippen molar-refractivity contribution in [1.29, 1.82) is 0 Å². The Bertz CT molecular complexity index is 750. The predicted molar refractivity (Wildman–Crippen MR) is 101 cm³/mol. The lowest BCUT2D eigenvalue weighted by atomic mass is 9.56. The van der Waals surface area contributed by atoms with E-state index < -0.39 is 5.60 Å². The number of benzene rings is 2. The maximum atomic E-state index is 10.7. The summed E-state index contributed by atoms with van der Waals surface area (Å²) in [5, 5.41) is 20.7. The molecule has 0 heterocycles. The molecule has 0 aromatic heterocycles. The van der Waals surface area contributed by atoms with Crippen molar-refractivity contribution < 1.29 is 10.2 Å². The third-order valence-corrected chi connectivity index (χ3v) is 6.56. The maximum Gasteiger partial charge on any atom is 0.115 e. The fraction of sp³-hybridized carbons (Fsp3) is 0.478. The normalized spacial score (nSPS) is 31.7. The molecule has 2 aromatic carbocycles. The van der Waals surface area contributed by atoms with Gasteiger partial charge >= 0.3 is 0 Å². The zero-order valence-electron chi connectivity index (χ0n) is 15.0. The third-order valence-electron chi connectivity index (χ3n) is 6.56.